The van der Waals surface area contributed by atoms with Crippen molar-refractivity contribution in [2.75, 3.05) is 32.8 Å². The molecule has 2 heterocycles. The Morgan fingerprint density at radius 3 is 2.71 bits per heavy atom. The van der Waals surface area contributed by atoms with Gasteiger partial charge in [-0.1, -0.05) is 30.3 Å². The third-order valence-electron chi connectivity index (χ3n) is 6.47. The second-order valence-electron chi connectivity index (χ2n) is 9.07. The van der Waals surface area contributed by atoms with Gasteiger partial charge in [-0.15, -0.1) is 0 Å². The molecule has 2 fully saturated rings. The molecule has 2 atom stereocenters. The summed E-state index contributed by atoms with van der Waals surface area (Å²) in [5.74, 6) is 0.183. The number of carbonyl (C=O) groups is 2. The Kier molecular flexibility index (Phi) is 8.52. The Morgan fingerprint density at radius 2 is 1.94 bits per heavy atom. The highest BCUT2D eigenvalue weighted by atomic mass is 19.1. The molecule has 0 radical (unpaired) electrons. The van der Waals surface area contributed by atoms with E-state index >= 15 is 0 Å². The minimum Gasteiger partial charge on any atom is -0.493 e. The van der Waals surface area contributed by atoms with Crippen molar-refractivity contribution in [2.45, 2.75) is 44.8 Å². The number of amides is 2. The SMILES string of the molecule is O=C(CCOc1ccccc1)N1CCCC(C(=O)N(Cc2cccc(F)c2)CC2CCCO2)C1. The number of para-hydroxylation sites is 1. The van der Waals surface area contributed by atoms with Gasteiger partial charge in [-0.3, -0.25) is 9.59 Å². The summed E-state index contributed by atoms with van der Waals surface area (Å²) >= 11 is 0. The van der Waals surface area contributed by atoms with Crippen molar-refractivity contribution in [3.63, 3.8) is 0 Å². The minimum absolute atomic E-state index is 0.00392. The molecule has 2 aliphatic rings. The zero-order valence-corrected chi connectivity index (χ0v) is 19.5. The summed E-state index contributed by atoms with van der Waals surface area (Å²) in [6.07, 6.45) is 3.73. The van der Waals surface area contributed by atoms with Crippen LogP contribution >= 0.6 is 0 Å². The van der Waals surface area contributed by atoms with Crippen molar-refractivity contribution in [2.24, 2.45) is 5.92 Å². The molecule has 0 spiro atoms. The van der Waals surface area contributed by atoms with Crippen LogP contribution in [0.2, 0.25) is 0 Å². The second kappa shape index (κ2) is 12.0. The van der Waals surface area contributed by atoms with E-state index < -0.39 is 0 Å². The molecule has 2 aliphatic heterocycles. The van der Waals surface area contributed by atoms with E-state index in [1.165, 1.54) is 12.1 Å². The van der Waals surface area contributed by atoms with Crippen LogP contribution in [0.1, 0.15) is 37.7 Å². The number of ether oxygens (including phenoxy) is 2. The average molecular weight is 469 g/mol. The number of hydrogen-bond donors (Lipinski definition) is 0. The monoisotopic (exact) mass is 468 g/mol. The molecular weight excluding hydrogens is 435 g/mol. The highest BCUT2D eigenvalue weighted by Gasteiger charge is 2.32. The lowest BCUT2D eigenvalue weighted by atomic mass is 9.95. The van der Waals surface area contributed by atoms with E-state index in [-0.39, 0.29) is 36.1 Å². The Labute approximate surface area is 200 Å². The normalized spacial score (nSPS) is 20.2. The molecule has 2 unspecified atom stereocenters. The highest BCUT2D eigenvalue weighted by Crippen LogP contribution is 2.23. The van der Waals surface area contributed by atoms with Gasteiger partial charge in [0.1, 0.15) is 11.6 Å². The molecule has 4 rings (SSSR count). The number of benzene rings is 2. The maximum Gasteiger partial charge on any atom is 0.227 e. The Morgan fingerprint density at radius 1 is 1.09 bits per heavy atom. The first-order valence-corrected chi connectivity index (χ1v) is 12.2. The predicted molar refractivity (Wildman–Crippen MR) is 127 cm³/mol. The molecule has 2 amide bonds. The third-order valence-corrected chi connectivity index (χ3v) is 6.47. The molecule has 0 bridgehead atoms. The van der Waals surface area contributed by atoms with Gasteiger partial charge < -0.3 is 19.3 Å². The summed E-state index contributed by atoms with van der Waals surface area (Å²) in [4.78, 5) is 29.9. The number of nitrogens with zero attached hydrogens (tertiary/aromatic N) is 2. The lowest BCUT2D eigenvalue weighted by Crippen LogP contribution is -2.48. The highest BCUT2D eigenvalue weighted by molar-refractivity contribution is 5.81. The van der Waals surface area contributed by atoms with E-state index in [4.69, 9.17) is 9.47 Å². The van der Waals surface area contributed by atoms with Crippen LogP contribution in [0.4, 0.5) is 4.39 Å². The smallest absolute Gasteiger partial charge is 0.227 e. The van der Waals surface area contributed by atoms with Gasteiger partial charge in [-0.2, -0.15) is 0 Å². The molecule has 7 heteroatoms. The van der Waals surface area contributed by atoms with Gasteiger partial charge in [-0.25, -0.2) is 4.39 Å². The van der Waals surface area contributed by atoms with Crippen molar-refractivity contribution < 1.29 is 23.5 Å². The molecule has 0 aliphatic carbocycles. The fourth-order valence-electron chi connectivity index (χ4n) is 4.72. The molecule has 0 saturated carbocycles. The first-order chi connectivity index (χ1) is 16.6. The van der Waals surface area contributed by atoms with Gasteiger partial charge in [0, 0.05) is 32.8 Å². The number of piperidine rings is 1. The Bertz CT molecular complexity index is 949. The lowest BCUT2D eigenvalue weighted by molar-refractivity contribution is -0.142. The van der Waals surface area contributed by atoms with Crippen molar-refractivity contribution in [3.8, 4) is 5.75 Å². The lowest BCUT2D eigenvalue weighted by Gasteiger charge is -2.36. The summed E-state index contributed by atoms with van der Waals surface area (Å²) in [6.45, 7) is 2.92. The Hall–Kier alpha value is -2.93. The van der Waals surface area contributed by atoms with Crippen LogP contribution in [-0.4, -0.2) is 60.6 Å². The van der Waals surface area contributed by atoms with E-state index in [1.54, 1.807) is 15.9 Å². The van der Waals surface area contributed by atoms with Gasteiger partial charge in [0.25, 0.3) is 0 Å². The molecule has 6 nitrogen and oxygen atoms in total. The molecule has 0 N–H and O–H groups in total. The zero-order valence-electron chi connectivity index (χ0n) is 19.5. The van der Waals surface area contributed by atoms with Crippen LogP contribution in [0.3, 0.4) is 0 Å². The van der Waals surface area contributed by atoms with Crippen LogP contribution in [0, 0.1) is 11.7 Å². The number of rotatable bonds is 9. The number of likely N-dealkylation sites (tertiary alicyclic amines) is 1. The fourth-order valence-corrected chi connectivity index (χ4v) is 4.72. The van der Waals surface area contributed by atoms with E-state index in [9.17, 15) is 14.0 Å². The van der Waals surface area contributed by atoms with Gasteiger partial charge in [0.05, 0.1) is 25.0 Å². The van der Waals surface area contributed by atoms with Crippen LogP contribution in [0.25, 0.3) is 0 Å². The van der Waals surface area contributed by atoms with Crippen LogP contribution in [-0.2, 0) is 20.9 Å². The van der Waals surface area contributed by atoms with E-state index in [2.05, 4.69) is 0 Å². The first-order valence-electron chi connectivity index (χ1n) is 12.2. The summed E-state index contributed by atoms with van der Waals surface area (Å²) < 4.78 is 25.2. The molecular formula is C27H33FN2O4. The van der Waals surface area contributed by atoms with Gasteiger partial charge in [0.15, 0.2) is 0 Å². The van der Waals surface area contributed by atoms with E-state index in [1.807, 2.05) is 36.4 Å². The maximum atomic E-state index is 13.7. The minimum atomic E-state index is -0.311. The zero-order chi connectivity index (χ0) is 23.8. The molecule has 2 saturated heterocycles. The average Bonchev–Trinajstić information content (AvgIpc) is 3.37. The second-order valence-corrected chi connectivity index (χ2v) is 9.07. The predicted octanol–water partition coefficient (Wildman–Crippen LogP) is 4.04. The molecule has 34 heavy (non-hydrogen) atoms. The third kappa shape index (κ3) is 6.79. The fraction of sp³-hybridized carbons (Fsp3) is 0.481. The van der Waals surface area contributed by atoms with Crippen LogP contribution in [0.5, 0.6) is 5.75 Å². The molecule has 0 aromatic heterocycles. The number of halogens is 1. The Balaban J connectivity index is 1.35. The van der Waals surface area contributed by atoms with Crippen molar-refractivity contribution in [1.29, 1.82) is 0 Å². The van der Waals surface area contributed by atoms with Gasteiger partial charge in [-0.05, 0) is 55.5 Å². The summed E-state index contributed by atoms with van der Waals surface area (Å²) in [7, 11) is 0. The molecule has 2 aromatic rings. The standard InChI is InChI=1S/C27H33FN2O4/c28-23-9-4-7-21(17-23)18-30(20-25-12-6-15-33-25)27(32)22-8-5-14-29(19-22)26(31)13-16-34-24-10-2-1-3-11-24/h1-4,7,9-11,17,22,25H,5-6,8,12-16,18-20H2. The molecule has 2 aromatic carbocycles. The van der Waals surface area contributed by atoms with Gasteiger partial charge >= 0.3 is 0 Å². The van der Waals surface area contributed by atoms with Gasteiger partial charge in [0.2, 0.25) is 11.8 Å². The first kappa shape index (κ1) is 24.2. The quantitative estimate of drug-likeness (QED) is 0.557. The van der Waals surface area contributed by atoms with E-state index in [0.29, 0.717) is 39.4 Å². The van der Waals surface area contributed by atoms with Crippen LogP contribution in [0.15, 0.2) is 54.6 Å². The summed E-state index contributed by atoms with van der Waals surface area (Å²) in [6, 6.07) is 15.8. The maximum absolute atomic E-state index is 13.7. The van der Waals surface area contributed by atoms with Crippen molar-refractivity contribution in [1.82, 2.24) is 9.80 Å². The number of carbonyl (C=O) groups excluding carboxylic acids is 2. The summed E-state index contributed by atoms with van der Waals surface area (Å²) in [5, 5.41) is 0. The van der Waals surface area contributed by atoms with Crippen molar-refractivity contribution in [3.05, 3.63) is 66.0 Å². The topological polar surface area (TPSA) is 59.1 Å². The number of hydrogen-bond acceptors (Lipinski definition) is 4. The molecule has 182 valence electrons. The van der Waals surface area contributed by atoms with E-state index in [0.717, 1.165) is 37.0 Å². The van der Waals surface area contributed by atoms with Crippen molar-refractivity contribution >= 4 is 11.8 Å². The summed E-state index contributed by atoms with van der Waals surface area (Å²) in [5.41, 5.74) is 0.758. The largest absolute Gasteiger partial charge is 0.493 e. The van der Waals surface area contributed by atoms with Crippen LogP contribution < -0.4 is 4.74 Å².